The average Bonchev–Trinajstić information content (AvgIpc) is 2.72. The average molecular weight is 404 g/mol. The van der Waals surface area contributed by atoms with Gasteiger partial charge in [0.05, 0.1) is 0 Å². The van der Waals surface area contributed by atoms with Gasteiger partial charge >= 0.3 is 48.9 Å². The van der Waals surface area contributed by atoms with Crippen LogP contribution >= 0.6 is 0 Å². The van der Waals surface area contributed by atoms with Crippen LogP contribution in [0.5, 0.6) is 12.0 Å². The van der Waals surface area contributed by atoms with E-state index < -0.39 is 12.0 Å². The molecule has 0 aromatic carbocycles. The first kappa shape index (κ1) is 26.5. The molecule has 0 amide bonds. The van der Waals surface area contributed by atoms with Crippen molar-refractivity contribution in [1.82, 2.24) is 29.7 Å². The second kappa shape index (κ2) is 12.0. The molecule has 0 bridgehead atoms. The summed E-state index contributed by atoms with van der Waals surface area (Å²) in [4.78, 5) is 0. The minimum absolute atomic E-state index is 0. The molecular formula is C4H10BaN8O6. The number of nitrogens with zero attached hydrogens (tertiary/aromatic N) is 8. The van der Waals surface area contributed by atoms with Crippen LogP contribution < -0.4 is 10.2 Å². The van der Waals surface area contributed by atoms with Crippen LogP contribution in [-0.4, -0.2) is 101 Å². The van der Waals surface area contributed by atoms with Gasteiger partial charge in [-0.25, -0.2) is 0 Å². The molecule has 0 aliphatic heterocycles. The second-order valence-corrected chi connectivity index (χ2v) is 2.10. The monoisotopic (exact) mass is 404 g/mol. The van der Waals surface area contributed by atoms with E-state index >= 15 is 0 Å². The van der Waals surface area contributed by atoms with Gasteiger partial charge in [0, 0.05) is 0 Å². The van der Waals surface area contributed by atoms with Crippen LogP contribution in [0.4, 0.5) is 0 Å². The van der Waals surface area contributed by atoms with Crippen LogP contribution in [0.15, 0.2) is 23.1 Å². The van der Waals surface area contributed by atoms with Gasteiger partial charge in [0.1, 0.15) is 24.7 Å². The standard InChI is InChI=1S/C4H4N8O2.Ba.4H2O/c13-3-7-5-1-11(3)9-10-12-2-6-8-4(12)14;;;;;/h1-2H,(H,7,13)(H,8,14);;4*1H2/q;+2;;;;/p-2/b10-9+;;;;;. The van der Waals surface area contributed by atoms with E-state index in [9.17, 15) is 10.2 Å². The molecule has 0 saturated carbocycles. The molecule has 2 aromatic heterocycles. The van der Waals surface area contributed by atoms with E-state index in [1.54, 1.807) is 0 Å². The van der Waals surface area contributed by atoms with E-state index in [0.29, 0.717) is 0 Å². The zero-order chi connectivity index (χ0) is 9.97. The van der Waals surface area contributed by atoms with Crippen LogP contribution in [0.2, 0.25) is 0 Å². The molecule has 8 N–H and O–H groups in total. The maximum atomic E-state index is 10.8. The van der Waals surface area contributed by atoms with Crippen molar-refractivity contribution in [1.29, 1.82) is 0 Å². The maximum absolute atomic E-state index is 10.8. The van der Waals surface area contributed by atoms with Crippen molar-refractivity contribution in [2.24, 2.45) is 10.4 Å². The summed E-state index contributed by atoms with van der Waals surface area (Å²) < 4.78 is 1.53. The summed E-state index contributed by atoms with van der Waals surface area (Å²) in [6.07, 6.45) is 2.11. The van der Waals surface area contributed by atoms with Gasteiger partial charge in [-0.2, -0.15) is 9.35 Å². The van der Waals surface area contributed by atoms with Crippen LogP contribution in [0, 0.1) is 0 Å². The molecule has 2 aromatic rings. The molecular weight excluding hydrogens is 393 g/mol. The summed E-state index contributed by atoms with van der Waals surface area (Å²) in [7, 11) is 0. The normalized spacial score (nSPS) is 8.21. The molecule has 2 heterocycles. The van der Waals surface area contributed by atoms with Gasteiger partial charge in [-0.15, -0.1) is 20.4 Å². The Morgan fingerprint density at radius 2 is 1.11 bits per heavy atom. The number of hydrogen-bond acceptors (Lipinski definition) is 8. The number of rotatable bonds is 2. The first-order valence-corrected chi connectivity index (χ1v) is 3.34. The smallest absolute Gasteiger partial charge is 0.843 e. The predicted molar refractivity (Wildman–Crippen MR) is 54.8 cm³/mol. The minimum atomic E-state index is -0.686. The van der Waals surface area contributed by atoms with Crippen molar-refractivity contribution in [3.63, 3.8) is 0 Å². The molecule has 104 valence electrons. The Morgan fingerprint density at radius 3 is 1.32 bits per heavy atom. The van der Waals surface area contributed by atoms with E-state index in [4.69, 9.17) is 0 Å². The van der Waals surface area contributed by atoms with Crippen LogP contribution in [-0.2, 0) is 0 Å². The summed E-state index contributed by atoms with van der Waals surface area (Å²) in [6.45, 7) is 0. The molecule has 0 aliphatic carbocycles. The molecule has 0 saturated heterocycles. The Labute approximate surface area is 145 Å². The van der Waals surface area contributed by atoms with Crippen LogP contribution in [0.3, 0.4) is 0 Å². The van der Waals surface area contributed by atoms with Gasteiger partial charge in [-0.3, -0.25) is 0 Å². The molecule has 0 spiro atoms. The minimum Gasteiger partial charge on any atom is -0.843 e. The largest absolute Gasteiger partial charge is 2.00 e. The van der Waals surface area contributed by atoms with E-state index in [2.05, 4.69) is 30.8 Å². The molecule has 0 aliphatic rings. The molecule has 0 fully saturated rings. The fourth-order valence-corrected chi connectivity index (χ4v) is 0.648. The molecule has 19 heavy (non-hydrogen) atoms. The Bertz CT molecular complexity index is 429. The second-order valence-electron chi connectivity index (χ2n) is 2.10. The molecule has 0 radical (unpaired) electrons. The topological polar surface area (TPSA) is 258 Å². The van der Waals surface area contributed by atoms with E-state index in [-0.39, 0.29) is 70.8 Å². The van der Waals surface area contributed by atoms with Crippen molar-refractivity contribution < 1.29 is 32.1 Å². The molecule has 14 nitrogen and oxygen atoms in total. The summed E-state index contributed by atoms with van der Waals surface area (Å²) in [6, 6.07) is -1.37. The van der Waals surface area contributed by atoms with E-state index in [0.717, 1.165) is 22.0 Å². The predicted octanol–water partition coefficient (Wildman–Crippen LogP) is -5.98. The molecule has 2 rings (SSSR count). The third kappa shape index (κ3) is 6.56. The van der Waals surface area contributed by atoms with Crippen LogP contribution in [0.1, 0.15) is 0 Å². The fourth-order valence-electron chi connectivity index (χ4n) is 0.648. The summed E-state index contributed by atoms with van der Waals surface area (Å²) in [5.74, 6) is 0. The van der Waals surface area contributed by atoms with Crippen molar-refractivity contribution in [2.45, 2.75) is 0 Å². The van der Waals surface area contributed by atoms with Gasteiger partial charge in [0.15, 0.2) is 0 Å². The van der Waals surface area contributed by atoms with Crippen molar-refractivity contribution >= 4 is 48.9 Å². The summed E-state index contributed by atoms with van der Waals surface area (Å²) in [5, 5.41) is 41.1. The SMILES string of the molecule is O.O.O.O.[Ba+2].[O-]c1nncn1/N=N/n1cnnc1[O-]. The fraction of sp³-hybridized carbons (Fsp3) is 0. The van der Waals surface area contributed by atoms with Gasteiger partial charge in [-0.1, -0.05) is 0 Å². The Kier molecular flexibility index (Phi) is 16.6. The molecule has 0 atom stereocenters. The van der Waals surface area contributed by atoms with Crippen molar-refractivity contribution in [3.8, 4) is 12.0 Å². The summed E-state index contributed by atoms with van der Waals surface area (Å²) in [5.41, 5.74) is 0. The van der Waals surface area contributed by atoms with Crippen molar-refractivity contribution in [2.75, 3.05) is 0 Å². The molecule has 15 heteroatoms. The third-order valence-electron chi connectivity index (χ3n) is 1.23. The number of aromatic nitrogens is 6. The van der Waals surface area contributed by atoms with Gasteiger partial charge in [0.2, 0.25) is 0 Å². The van der Waals surface area contributed by atoms with Crippen molar-refractivity contribution in [3.05, 3.63) is 12.7 Å². The Balaban J connectivity index is -0.000000225. The molecule has 0 unspecified atom stereocenters. The van der Waals surface area contributed by atoms with Gasteiger partial charge in [0.25, 0.3) is 0 Å². The van der Waals surface area contributed by atoms with E-state index in [1.807, 2.05) is 0 Å². The summed E-state index contributed by atoms with van der Waals surface area (Å²) >= 11 is 0. The number of hydrogen-bond donors (Lipinski definition) is 0. The maximum Gasteiger partial charge on any atom is 2.00 e. The third-order valence-corrected chi connectivity index (χ3v) is 1.23. The van der Waals surface area contributed by atoms with Gasteiger partial charge in [-0.05, 0) is 10.4 Å². The van der Waals surface area contributed by atoms with Crippen LogP contribution in [0.25, 0.3) is 0 Å². The Morgan fingerprint density at radius 1 is 0.789 bits per heavy atom. The quantitative estimate of drug-likeness (QED) is 0.347. The van der Waals surface area contributed by atoms with E-state index in [1.165, 1.54) is 0 Å². The zero-order valence-electron chi connectivity index (χ0n) is 9.26. The zero-order valence-corrected chi connectivity index (χ0v) is 13.7. The first-order valence-electron chi connectivity index (χ1n) is 3.34. The first-order chi connectivity index (χ1) is 6.77. The van der Waals surface area contributed by atoms with Gasteiger partial charge < -0.3 is 32.1 Å². The Hall–Kier alpha value is -1.11.